The van der Waals surface area contributed by atoms with Crippen LogP contribution in [-0.4, -0.2) is 38.3 Å². The van der Waals surface area contributed by atoms with Gasteiger partial charge in [0.2, 0.25) is 0 Å². The highest BCUT2D eigenvalue weighted by Crippen LogP contribution is 2.38. The van der Waals surface area contributed by atoms with E-state index in [1.165, 1.54) is 21.3 Å². The van der Waals surface area contributed by atoms with Gasteiger partial charge in [-0.05, 0) is 44.0 Å². The van der Waals surface area contributed by atoms with Crippen LogP contribution in [0.4, 0.5) is 0 Å². The highest BCUT2D eigenvalue weighted by atomic mass is 16.5. The summed E-state index contributed by atoms with van der Waals surface area (Å²) in [6, 6.07) is 13.3. The monoisotopic (exact) mass is 449 g/mol. The second-order valence-electron chi connectivity index (χ2n) is 7.53. The van der Waals surface area contributed by atoms with Gasteiger partial charge >= 0.3 is 11.9 Å². The zero-order valence-electron chi connectivity index (χ0n) is 19.6. The standard InChI is InChI=1S/C26H27NO6/c1-15-8-7-9-18(12-15)14-33-20-11-10-19(13-21(20)30-4)24-22(25(28)31-5)16(2)27-17(3)23(24)26(29)32-6/h7-13H,14H2,1-6H3. The number of carbonyl (C=O) groups is 2. The van der Waals surface area contributed by atoms with Gasteiger partial charge in [0, 0.05) is 5.56 Å². The van der Waals surface area contributed by atoms with Crippen LogP contribution in [0.5, 0.6) is 11.5 Å². The molecule has 1 aromatic heterocycles. The molecule has 1 heterocycles. The van der Waals surface area contributed by atoms with Crippen molar-refractivity contribution in [3.63, 3.8) is 0 Å². The van der Waals surface area contributed by atoms with Crippen LogP contribution in [0.15, 0.2) is 42.5 Å². The molecule has 2 aromatic carbocycles. The van der Waals surface area contributed by atoms with Crippen molar-refractivity contribution in [1.29, 1.82) is 0 Å². The third-order valence-corrected chi connectivity index (χ3v) is 5.27. The van der Waals surface area contributed by atoms with E-state index in [1.807, 2.05) is 25.1 Å². The van der Waals surface area contributed by atoms with Gasteiger partial charge in [0.1, 0.15) is 6.61 Å². The molecule has 0 radical (unpaired) electrons. The van der Waals surface area contributed by atoms with E-state index < -0.39 is 11.9 Å². The molecule has 0 aliphatic carbocycles. The maximum atomic E-state index is 12.6. The number of benzene rings is 2. The van der Waals surface area contributed by atoms with Gasteiger partial charge in [0.25, 0.3) is 0 Å². The molecule has 3 aromatic rings. The van der Waals surface area contributed by atoms with E-state index in [-0.39, 0.29) is 11.1 Å². The van der Waals surface area contributed by atoms with E-state index in [0.717, 1.165) is 11.1 Å². The lowest BCUT2D eigenvalue weighted by Gasteiger charge is -2.18. The number of hydrogen-bond acceptors (Lipinski definition) is 7. The van der Waals surface area contributed by atoms with Crippen LogP contribution in [0, 0.1) is 20.8 Å². The van der Waals surface area contributed by atoms with Crippen LogP contribution >= 0.6 is 0 Å². The Bertz CT molecular complexity index is 1160. The number of carbonyl (C=O) groups excluding carboxylic acids is 2. The smallest absolute Gasteiger partial charge is 0.340 e. The van der Waals surface area contributed by atoms with Gasteiger partial charge in [0.15, 0.2) is 11.5 Å². The highest BCUT2D eigenvalue weighted by Gasteiger charge is 2.27. The van der Waals surface area contributed by atoms with E-state index in [2.05, 4.69) is 11.1 Å². The molecule has 33 heavy (non-hydrogen) atoms. The number of rotatable bonds is 7. The minimum Gasteiger partial charge on any atom is -0.493 e. The second kappa shape index (κ2) is 10.2. The molecule has 0 saturated carbocycles. The predicted octanol–water partition coefficient (Wildman–Crippen LogP) is 4.83. The SMILES string of the molecule is COC(=O)c1c(C)nc(C)c(C(=O)OC)c1-c1ccc(OCc2cccc(C)c2)c(OC)c1. The van der Waals surface area contributed by atoms with Gasteiger partial charge in [0.05, 0.1) is 43.8 Å². The second-order valence-corrected chi connectivity index (χ2v) is 7.53. The van der Waals surface area contributed by atoms with Crippen LogP contribution in [0.25, 0.3) is 11.1 Å². The molecule has 7 heteroatoms. The summed E-state index contributed by atoms with van der Waals surface area (Å²) < 4.78 is 21.5. The molecule has 3 rings (SSSR count). The quantitative estimate of drug-likeness (QED) is 0.478. The van der Waals surface area contributed by atoms with E-state index >= 15 is 0 Å². The number of methoxy groups -OCH3 is 3. The van der Waals surface area contributed by atoms with Crippen molar-refractivity contribution in [3.8, 4) is 22.6 Å². The largest absolute Gasteiger partial charge is 0.493 e. The molecule has 0 aliphatic heterocycles. The summed E-state index contributed by atoms with van der Waals surface area (Å²) in [4.78, 5) is 29.7. The number of ether oxygens (including phenoxy) is 4. The Hall–Kier alpha value is -3.87. The molecular formula is C26H27NO6. The van der Waals surface area contributed by atoms with Gasteiger partial charge in [-0.3, -0.25) is 4.98 Å². The number of nitrogens with zero attached hydrogens (tertiary/aromatic N) is 1. The fourth-order valence-electron chi connectivity index (χ4n) is 3.75. The number of pyridine rings is 1. The third kappa shape index (κ3) is 4.98. The molecule has 0 saturated heterocycles. The minimum absolute atomic E-state index is 0.194. The number of aryl methyl sites for hydroxylation is 3. The lowest BCUT2D eigenvalue weighted by molar-refractivity contribution is 0.0599. The van der Waals surface area contributed by atoms with Crippen molar-refractivity contribution in [3.05, 3.63) is 76.1 Å². The fourth-order valence-corrected chi connectivity index (χ4v) is 3.75. The van der Waals surface area contributed by atoms with E-state index in [0.29, 0.717) is 40.6 Å². The van der Waals surface area contributed by atoms with Crippen molar-refractivity contribution < 1.29 is 28.5 Å². The Kier molecular flexibility index (Phi) is 7.33. The van der Waals surface area contributed by atoms with Gasteiger partial charge < -0.3 is 18.9 Å². The molecule has 0 aliphatic rings. The molecule has 0 atom stereocenters. The molecular weight excluding hydrogens is 422 g/mol. The van der Waals surface area contributed by atoms with Crippen molar-refractivity contribution in [2.45, 2.75) is 27.4 Å². The van der Waals surface area contributed by atoms with Gasteiger partial charge in [-0.25, -0.2) is 9.59 Å². The summed E-state index contributed by atoms with van der Waals surface area (Å²) in [5.74, 6) is -0.207. The van der Waals surface area contributed by atoms with E-state index in [4.69, 9.17) is 18.9 Å². The van der Waals surface area contributed by atoms with E-state index in [1.54, 1.807) is 32.0 Å². The highest BCUT2D eigenvalue weighted by molar-refractivity contribution is 6.07. The number of aromatic nitrogens is 1. The Morgan fingerprint density at radius 1 is 0.818 bits per heavy atom. The van der Waals surface area contributed by atoms with Gasteiger partial charge in [-0.2, -0.15) is 0 Å². The summed E-state index contributed by atoms with van der Waals surface area (Å²) in [5, 5.41) is 0. The first kappa shape index (κ1) is 23.8. The maximum absolute atomic E-state index is 12.6. The first-order chi connectivity index (χ1) is 15.8. The Morgan fingerprint density at radius 2 is 1.45 bits per heavy atom. The van der Waals surface area contributed by atoms with Crippen molar-refractivity contribution >= 4 is 11.9 Å². The first-order valence-corrected chi connectivity index (χ1v) is 10.3. The summed E-state index contributed by atoms with van der Waals surface area (Å²) in [5.41, 5.74) is 4.40. The Balaban J connectivity index is 2.12. The Morgan fingerprint density at radius 3 is 2.00 bits per heavy atom. The van der Waals surface area contributed by atoms with Gasteiger partial charge in [-0.15, -0.1) is 0 Å². The molecule has 0 bridgehead atoms. The number of esters is 2. The average Bonchev–Trinajstić information content (AvgIpc) is 2.81. The fraction of sp³-hybridized carbons (Fsp3) is 0.269. The molecule has 0 unspecified atom stereocenters. The molecule has 0 fully saturated rings. The molecule has 7 nitrogen and oxygen atoms in total. The summed E-state index contributed by atoms with van der Waals surface area (Å²) in [7, 11) is 4.10. The first-order valence-electron chi connectivity index (χ1n) is 10.3. The van der Waals surface area contributed by atoms with Crippen molar-refractivity contribution in [1.82, 2.24) is 4.98 Å². The van der Waals surface area contributed by atoms with Crippen LogP contribution < -0.4 is 9.47 Å². The third-order valence-electron chi connectivity index (χ3n) is 5.27. The molecule has 0 amide bonds. The lowest BCUT2D eigenvalue weighted by atomic mass is 9.92. The zero-order chi connectivity index (χ0) is 24.1. The van der Waals surface area contributed by atoms with Crippen LogP contribution in [0.1, 0.15) is 43.2 Å². The minimum atomic E-state index is -0.598. The maximum Gasteiger partial charge on any atom is 0.340 e. The lowest BCUT2D eigenvalue weighted by Crippen LogP contribution is -2.16. The zero-order valence-corrected chi connectivity index (χ0v) is 19.6. The Labute approximate surface area is 193 Å². The average molecular weight is 450 g/mol. The summed E-state index contributed by atoms with van der Waals surface area (Å²) >= 11 is 0. The van der Waals surface area contributed by atoms with Crippen LogP contribution in [0.2, 0.25) is 0 Å². The van der Waals surface area contributed by atoms with Crippen LogP contribution in [0.3, 0.4) is 0 Å². The molecule has 0 spiro atoms. The molecule has 172 valence electrons. The van der Waals surface area contributed by atoms with Crippen molar-refractivity contribution in [2.24, 2.45) is 0 Å². The molecule has 0 N–H and O–H groups in total. The van der Waals surface area contributed by atoms with Crippen LogP contribution in [-0.2, 0) is 16.1 Å². The van der Waals surface area contributed by atoms with Gasteiger partial charge in [-0.1, -0.05) is 35.9 Å². The normalized spacial score (nSPS) is 10.5. The van der Waals surface area contributed by atoms with E-state index in [9.17, 15) is 9.59 Å². The topological polar surface area (TPSA) is 84.0 Å². The summed E-state index contributed by atoms with van der Waals surface area (Å²) in [6.45, 7) is 5.78. The summed E-state index contributed by atoms with van der Waals surface area (Å²) in [6.07, 6.45) is 0. The van der Waals surface area contributed by atoms with Crippen molar-refractivity contribution in [2.75, 3.05) is 21.3 Å². The predicted molar refractivity (Wildman–Crippen MR) is 124 cm³/mol. The number of hydrogen-bond donors (Lipinski definition) is 0.